The lowest BCUT2D eigenvalue weighted by Crippen LogP contribution is -2.26. The molecule has 1 aliphatic rings. The van der Waals surface area contributed by atoms with E-state index in [1.54, 1.807) is 13.0 Å². The highest BCUT2D eigenvalue weighted by molar-refractivity contribution is 5.97. The predicted molar refractivity (Wildman–Crippen MR) is 57.9 cm³/mol. The van der Waals surface area contributed by atoms with Crippen molar-refractivity contribution in [3.63, 3.8) is 0 Å². The Kier molecular flexibility index (Phi) is 2.91. The van der Waals surface area contributed by atoms with E-state index in [1.807, 2.05) is 6.07 Å². The molecule has 0 spiro atoms. The zero-order valence-electron chi connectivity index (χ0n) is 9.03. The Balaban J connectivity index is 2.12. The first kappa shape index (κ1) is 10.4. The third-order valence-electron chi connectivity index (χ3n) is 3.04. The fourth-order valence-electron chi connectivity index (χ4n) is 2.14. The SMILES string of the molecule is CC(N)C(=O)c1ccc(C2CCCC2)o1. The van der Waals surface area contributed by atoms with Crippen molar-refractivity contribution in [1.82, 2.24) is 0 Å². The number of furan rings is 1. The molecular formula is C12H17NO2. The minimum Gasteiger partial charge on any atom is -0.458 e. The van der Waals surface area contributed by atoms with Gasteiger partial charge in [0, 0.05) is 5.92 Å². The van der Waals surface area contributed by atoms with Crippen LogP contribution >= 0.6 is 0 Å². The molecule has 1 heterocycles. The smallest absolute Gasteiger partial charge is 0.214 e. The summed E-state index contributed by atoms with van der Waals surface area (Å²) >= 11 is 0. The normalized spacial score (nSPS) is 19.3. The van der Waals surface area contributed by atoms with Crippen molar-refractivity contribution in [2.45, 2.75) is 44.6 Å². The summed E-state index contributed by atoms with van der Waals surface area (Å²) in [5, 5.41) is 0. The molecule has 1 fully saturated rings. The van der Waals surface area contributed by atoms with Crippen molar-refractivity contribution in [2.75, 3.05) is 0 Å². The van der Waals surface area contributed by atoms with E-state index in [4.69, 9.17) is 10.2 Å². The van der Waals surface area contributed by atoms with Gasteiger partial charge in [-0.3, -0.25) is 4.79 Å². The van der Waals surface area contributed by atoms with E-state index in [0.29, 0.717) is 11.7 Å². The van der Waals surface area contributed by atoms with Crippen molar-refractivity contribution in [1.29, 1.82) is 0 Å². The van der Waals surface area contributed by atoms with Crippen LogP contribution in [0.5, 0.6) is 0 Å². The van der Waals surface area contributed by atoms with E-state index in [0.717, 1.165) is 5.76 Å². The average molecular weight is 207 g/mol. The standard InChI is InChI=1S/C12H17NO2/c1-8(13)12(14)11-7-6-10(15-11)9-4-2-3-5-9/h6-9H,2-5,13H2,1H3. The lowest BCUT2D eigenvalue weighted by Gasteiger charge is -2.04. The number of nitrogens with two attached hydrogens (primary N) is 1. The Bertz CT molecular complexity index is 348. The first-order chi connectivity index (χ1) is 7.18. The minimum atomic E-state index is -0.479. The van der Waals surface area contributed by atoms with Crippen LogP contribution in [0.4, 0.5) is 0 Å². The van der Waals surface area contributed by atoms with Crippen molar-refractivity contribution in [3.8, 4) is 0 Å². The van der Waals surface area contributed by atoms with Crippen LogP contribution < -0.4 is 5.73 Å². The van der Waals surface area contributed by atoms with Gasteiger partial charge in [-0.2, -0.15) is 0 Å². The third kappa shape index (κ3) is 2.12. The Morgan fingerprint density at radius 3 is 2.73 bits per heavy atom. The fourth-order valence-corrected chi connectivity index (χ4v) is 2.14. The molecule has 0 saturated heterocycles. The highest BCUT2D eigenvalue weighted by atomic mass is 16.3. The molecule has 2 N–H and O–H groups in total. The number of hydrogen-bond donors (Lipinski definition) is 1. The van der Waals surface area contributed by atoms with Crippen LogP contribution in [-0.4, -0.2) is 11.8 Å². The molecule has 1 atom stereocenters. The van der Waals surface area contributed by atoms with Crippen molar-refractivity contribution < 1.29 is 9.21 Å². The Morgan fingerprint density at radius 2 is 2.13 bits per heavy atom. The van der Waals surface area contributed by atoms with Crippen LogP contribution in [0, 0.1) is 0 Å². The lowest BCUT2D eigenvalue weighted by molar-refractivity contribution is 0.0938. The molecule has 1 unspecified atom stereocenters. The van der Waals surface area contributed by atoms with E-state index in [1.165, 1.54) is 25.7 Å². The number of hydrogen-bond acceptors (Lipinski definition) is 3. The fraction of sp³-hybridized carbons (Fsp3) is 0.583. The van der Waals surface area contributed by atoms with Crippen molar-refractivity contribution in [2.24, 2.45) is 5.73 Å². The zero-order valence-corrected chi connectivity index (χ0v) is 9.03. The molecule has 0 bridgehead atoms. The van der Waals surface area contributed by atoms with Gasteiger partial charge in [0.25, 0.3) is 0 Å². The highest BCUT2D eigenvalue weighted by Crippen LogP contribution is 2.34. The molecule has 1 saturated carbocycles. The van der Waals surface area contributed by atoms with Crippen LogP contribution in [0.15, 0.2) is 16.5 Å². The maximum atomic E-state index is 11.6. The van der Waals surface area contributed by atoms with Gasteiger partial charge in [0.1, 0.15) is 5.76 Å². The van der Waals surface area contributed by atoms with Gasteiger partial charge in [-0.1, -0.05) is 12.8 Å². The third-order valence-corrected chi connectivity index (χ3v) is 3.04. The summed E-state index contributed by atoms with van der Waals surface area (Å²) in [6.45, 7) is 1.68. The number of Topliss-reactive ketones (excluding diaryl/α,β-unsaturated/α-hetero) is 1. The molecule has 2 rings (SSSR count). The maximum absolute atomic E-state index is 11.6. The topological polar surface area (TPSA) is 56.2 Å². The van der Waals surface area contributed by atoms with E-state index >= 15 is 0 Å². The second kappa shape index (κ2) is 4.19. The quantitative estimate of drug-likeness (QED) is 0.774. The van der Waals surface area contributed by atoms with E-state index in [2.05, 4.69) is 0 Å². The monoisotopic (exact) mass is 207 g/mol. The highest BCUT2D eigenvalue weighted by Gasteiger charge is 2.22. The zero-order chi connectivity index (χ0) is 10.8. The summed E-state index contributed by atoms with van der Waals surface area (Å²) < 4.78 is 5.56. The van der Waals surface area contributed by atoms with Crippen LogP contribution in [0.25, 0.3) is 0 Å². The van der Waals surface area contributed by atoms with Crippen LogP contribution in [0.3, 0.4) is 0 Å². The van der Waals surface area contributed by atoms with Gasteiger partial charge in [0.15, 0.2) is 5.76 Å². The molecule has 0 aliphatic heterocycles. The van der Waals surface area contributed by atoms with Gasteiger partial charge in [0.2, 0.25) is 5.78 Å². The Hall–Kier alpha value is -1.09. The second-order valence-corrected chi connectivity index (χ2v) is 4.34. The molecular weight excluding hydrogens is 190 g/mol. The summed E-state index contributed by atoms with van der Waals surface area (Å²) in [7, 11) is 0. The summed E-state index contributed by atoms with van der Waals surface area (Å²) in [5.74, 6) is 1.77. The largest absolute Gasteiger partial charge is 0.458 e. The van der Waals surface area contributed by atoms with E-state index in [-0.39, 0.29) is 5.78 Å². The molecule has 15 heavy (non-hydrogen) atoms. The summed E-state index contributed by atoms with van der Waals surface area (Å²) in [6.07, 6.45) is 4.89. The Morgan fingerprint density at radius 1 is 1.47 bits per heavy atom. The minimum absolute atomic E-state index is 0.112. The van der Waals surface area contributed by atoms with Crippen LogP contribution in [0.2, 0.25) is 0 Å². The average Bonchev–Trinajstić information content (AvgIpc) is 2.86. The van der Waals surface area contributed by atoms with Gasteiger partial charge in [-0.15, -0.1) is 0 Å². The summed E-state index contributed by atoms with van der Waals surface area (Å²) in [5.41, 5.74) is 5.52. The van der Waals surface area contributed by atoms with Crippen LogP contribution in [-0.2, 0) is 0 Å². The lowest BCUT2D eigenvalue weighted by atomic mass is 10.1. The van der Waals surface area contributed by atoms with Gasteiger partial charge in [0.05, 0.1) is 6.04 Å². The molecule has 0 aromatic carbocycles. The number of ketones is 1. The molecule has 82 valence electrons. The molecule has 0 amide bonds. The molecule has 1 aliphatic carbocycles. The number of carbonyl (C=O) groups is 1. The molecule has 0 radical (unpaired) electrons. The Labute approximate surface area is 89.6 Å². The predicted octanol–water partition coefficient (Wildman–Crippen LogP) is 2.47. The first-order valence-corrected chi connectivity index (χ1v) is 5.58. The van der Waals surface area contributed by atoms with Gasteiger partial charge >= 0.3 is 0 Å². The van der Waals surface area contributed by atoms with Crippen molar-refractivity contribution in [3.05, 3.63) is 23.7 Å². The number of rotatable bonds is 3. The number of carbonyl (C=O) groups excluding carboxylic acids is 1. The van der Waals surface area contributed by atoms with Crippen molar-refractivity contribution >= 4 is 5.78 Å². The molecule has 1 aromatic rings. The summed E-state index contributed by atoms with van der Waals surface area (Å²) in [6, 6.07) is 3.19. The molecule has 3 nitrogen and oxygen atoms in total. The maximum Gasteiger partial charge on any atom is 0.214 e. The van der Waals surface area contributed by atoms with Gasteiger partial charge < -0.3 is 10.2 Å². The van der Waals surface area contributed by atoms with Gasteiger partial charge in [-0.25, -0.2) is 0 Å². The molecule has 3 heteroatoms. The molecule has 1 aromatic heterocycles. The second-order valence-electron chi connectivity index (χ2n) is 4.34. The first-order valence-electron chi connectivity index (χ1n) is 5.58. The van der Waals surface area contributed by atoms with Gasteiger partial charge in [-0.05, 0) is 31.9 Å². The van der Waals surface area contributed by atoms with Crippen LogP contribution in [0.1, 0.15) is 54.8 Å². The van der Waals surface area contributed by atoms with E-state index in [9.17, 15) is 4.79 Å². The van der Waals surface area contributed by atoms with E-state index < -0.39 is 6.04 Å². The summed E-state index contributed by atoms with van der Waals surface area (Å²) in [4.78, 5) is 11.6.